The summed E-state index contributed by atoms with van der Waals surface area (Å²) in [4.78, 5) is 20.2. The Bertz CT molecular complexity index is 657. The standard InChI is InChI=1S/C11H14N2O7S/c1-7-2-3-8(6-9(7)13(17)18)21(19,20)12-5-4-10(14)11(15)16/h2-3,6,10,12,14H,4-5H2,1H3,(H,15,16). The van der Waals surface area contributed by atoms with Crippen LogP contribution in [0.5, 0.6) is 0 Å². The molecular formula is C11H14N2O7S. The Morgan fingerprint density at radius 1 is 1.48 bits per heavy atom. The lowest BCUT2D eigenvalue weighted by Crippen LogP contribution is -2.30. The van der Waals surface area contributed by atoms with Gasteiger partial charge in [0.1, 0.15) is 0 Å². The van der Waals surface area contributed by atoms with Gasteiger partial charge < -0.3 is 10.2 Å². The highest BCUT2D eigenvalue weighted by Crippen LogP contribution is 2.21. The molecule has 1 atom stereocenters. The number of aliphatic hydroxyl groups excluding tert-OH is 1. The molecule has 0 heterocycles. The van der Waals surface area contributed by atoms with E-state index in [2.05, 4.69) is 4.72 Å². The Hall–Kier alpha value is -2.04. The number of carboxylic acids is 1. The average Bonchev–Trinajstić information content (AvgIpc) is 2.38. The Morgan fingerprint density at radius 2 is 2.10 bits per heavy atom. The van der Waals surface area contributed by atoms with E-state index in [1.54, 1.807) is 0 Å². The van der Waals surface area contributed by atoms with Crippen molar-refractivity contribution in [2.45, 2.75) is 24.3 Å². The predicted octanol–water partition coefficient (Wildman–Crippen LogP) is 0.0171. The molecule has 0 aliphatic carbocycles. The number of aliphatic hydroxyl groups is 1. The van der Waals surface area contributed by atoms with E-state index in [4.69, 9.17) is 10.2 Å². The molecule has 9 nitrogen and oxygen atoms in total. The second-order valence-electron chi connectivity index (χ2n) is 4.25. The van der Waals surface area contributed by atoms with Crippen LogP contribution in [0.1, 0.15) is 12.0 Å². The van der Waals surface area contributed by atoms with Crippen LogP contribution >= 0.6 is 0 Å². The first-order chi connectivity index (χ1) is 9.65. The highest BCUT2D eigenvalue weighted by atomic mass is 32.2. The molecule has 0 aliphatic heterocycles. The third kappa shape index (κ3) is 4.48. The van der Waals surface area contributed by atoms with Crippen LogP contribution in [0.15, 0.2) is 23.1 Å². The van der Waals surface area contributed by atoms with Gasteiger partial charge in [0.15, 0.2) is 6.10 Å². The van der Waals surface area contributed by atoms with E-state index >= 15 is 0 Å². The number of sulfonamides is 1. The molecule has 21 heavy (non-hydrogen) atoms. The van der Waals surface area contributed by atoms with Gasteiger partial charge in [0.2, 0.25) is 10.0 Å². The molecule has 0 saturated carbocycles. The lowest BCUT2D eigenvalue weighted by atomic mass is 10.2. The number of aryl methyl sites for hydroxylation is 1. The number of rotatable bonds is 7. The van der Waals surface area contributed by atoms with Crippen molar-refractivity contribution in [2.75, 3.05) is 6.54 Å². The molecule has 1 unspecified atom stereocenters. The number of hydrogen-bond donors (Lipinski definition) is 3. The van der Waals surface area contributed by atoms with E-state index in [1.165, 1.54) is 19.1 Å². The number of carbonyl (C=O) groups is 1. The molecule has 116 valence electrons. The first-order valence-corrected chi connectivity index (χ1v) is 7.29. The largest absolute Gasteiger partial charge is 0.479 e. The normalized spacial score (nSPS) is 12.9. The Kier molecular flexibility index (Phi) is 5.35. The van der Waals surface area contributed by atoms with Gasteiger partial charge >= 0.3 is 5.97 Å². The van der Waals surface area contributed by atoms with Crippen LogP contribution in [0.2, 0.25) is 0 Å². The van der Waals surface area contributed by atoms with Crippen molar-refractivity contribution in [2.24, 2.45) is 0 Å². The summed E-state index contributed by atoms with van der Waals surface area (Å²) in [6.45, 7) is 1.17. The van der Waals surface area contributed by atoms with Crippen LogP contribution in [0.25, 0.3) is 0 Å². The summed E-state index contributed by atoms with van der Waals surface area (Å²) < 4.78 is 25.9. The van der Waals surface area contributed by atoms with Crippen molar-refractivity contribution >= 4 is 21.7 Å². The SMILES string of the molecule is Cc1ccc(S(=O)(=O)NCCC(O)C(=O)O)cc1[N+](=O)[O-]. The van der Waals surface area contributed by atoms with Crippen molar-refractivity contribution < 1.29 is 28.3 Å². The number of aliphatic carboxylic acids is 1. The van der Waals surface area contributed by atoms with Crippen LogP contribution in [0.3, 0.4) is 0 Å². The second kappa shape index (κ2) is 6.61. The molecule has 0 radical (unpaired) electrons. The van der Waals surface area contributed by atoms with Crippen LogP contribution < -0.4 is 4.72 Å². The van der Waals surface area contributed by atoms with Gasteiger partial charge in [0.05, 0.1) is 9.82 Å². The number of nitro benzene ring substituents is 1. The minimum atomic E-state index is -4.01. The Balaban J connectivity index is 2.86. The molecule has 0 bridgehead atoms. The molecule has 0 amide bonds. The second-order valence-corrected chi connectivity index (χ2v) is 6.01. The maximum absolute atomic E-state index is 11.9. The average molecular weight is 318 g/mol. The van der Waals surface area contributed by atoms with Crippen molar-refractivity contribution in [3.63, 3.8) is 0 Å². The summed E-state index contributed by atoms with van der Waals surface area (Å²) in [5.74, 6) is -1.46. The Morgan fingerprint density at radius 3 is 2.62 bits per heavy atom. The highest BCUT2D eigenvalue weighted by Gasteiger charge is 2.20. The van der Waals surface area contributed by atoms with Gasteiger partial charge in [-0.3, -0.25) is 10.1 Å². The third-order valence-electron chi connectivity index (χ3n) is 2.68. The Labute approximate surface area is 120 Å². The fraction of sp³-hybridized carbons (Fsp3) is 0.364. The fourth-order valence-electron chi connectivity index (χ4n) is 1.49. The summed E-state index contributed by atoms with van der Waals surface area (Å²) in [6, 6.07) is 3.43. The minimum Gasteiger partial charge on any atom is -0.479 e. The zero-order valence-electron chi connectivity index (χ0n) is 11.0. The van der Waals surface area contributed by atoms with Gasteiger partial charge in [-0.1, -0.05) is 6.07 Å². The maximum atomic E-state index is 11.9. The molecule has 10 heteroatoms. The first-order valence-electron chi connectivity index (χ1n) is 5.80. The highest BCUT2D eigenvalue weighted by molar-refractivity contribution is 7.89. The van der Waals surface area contributed by atoms with E-state index in [0.717, 1.165) is 6.07 Å². The van der Waals surface area contributed by atoms with Gasteiger partial charge in [-0.15, -0.1) is 0 Å². The number of nitrogens with zero attached hydrogens (tertiary/aromatic N) is 1. The third-order valence-corrected chi connectivity index (χ3v) is 4.14. The molecule has 0 fully saturated rings. The van der Waals surface area contributed by atoms with Gasteiger partial charge in [0.25, 0.3) is 5.69 Å². The molecule has 3 N–H and O–H groups in total. The monoisotopic (exact) mass is 318 g/mol. The summed E-state index contributed by atoms with van der Waals surface area (Å²) in [5.41, 5.74) is -0.0105. The van der Waals surface area contributed by atoms with E-state index in [0.29, 0.717) is 5.56 Å². The molecule has 0 spiro atoms. The van der Waals surface area contributed by atoms with Gasteiger partial charge in [-0.05, 0) is 19.4 Å². The summed E-state index contributed by atoms with van der Waals surface area (Å²) in [5, 5.41) is 28.2. The van der Waals surface area contributed by atoms with Crippen molar-refractivity contribution in [3.8, 4) is 0 Å². The molecule has 0 saturated heterocycles. The van der Waals surface area contributed by atoms with Crippen LogP contribution in [0, 0.1) is 17.0 Å². The van der Waals surface area contributed by atoms with E-state index in [1.807, 2.05) is 0 Å². The quantitative estimate of drug-likeness (QED) is 0.474. The summed E-state index contributed by atoms with van der Waals surface area (Å²) in [7, 11) is -4.01. The first kappa shape index (κ1) is 17.0. The number of hydrogen-bond acceptors (Lipinski definition) is 6. The lowest BCUT2D eigenvalue weighted by molar-refractivity contribution is -0.385. The lowest BCUT2D eigenvalue weighted by Gasteiger charge is -2.09. The maximum Gasteiger partial charge on any atom is 0.332 e. The molecule has 0 aliphatic rings. The summed E-state index contributed by atoms with van der Waals surface area (Å²) >= 11 is 0. The van der Waals surface area contributed by atoms with Gasteiger partial charge in [-0.25, -0.2) is 17.9 Å². The van der Waals surface area contributed by atoms with Crippen LogP contribution in [-0.2, 0) is 14.8 Å². The topological polar surface area (TPSA) is 147 Å². The zero-order chi connectivity index (χ0) is 16.2. The van der Waals surface area contributed by atoms with Crippen molar-refractivity contribution in [3.05, 3.63) is 33.9 Å². The number of nitro groups is 1. The molecule has 1 aromatic carbocycles. The van der Waals surface area contributed by atoms with Gasteiger partial charge in [0, 0.05) is 18.2 Å². The predicted molar refractivity (Wildman–Crippen MR) is 71.3 cm³/mol. The number of nitrogens with one attached hydrogen (secondary N) is 1. The molecule has 1 aromatic rings. The van der Waals surface area contributed by atoms with Crippen LogP contribution in [-0.4, -0.2) is 42.2 Å². The van der Waals surface area contributed by atoms with E-state index in [9.17, 15) is 23.3 Å². The summed E-state index contributed by atoms with van der Waals surface area (Å²) in [6.07, 6.45) is -2.00. The smallest absolute Gasteiger partial charge is 0.332 e. The van der Waals surface area contributed by atoms with Crippen molar-refractivity contribution in [1.29, 1.82) is 0 Å². The number of benzene rings is 1. The van der Waals surface area contributed by atoms with Crippen molar-refractivity contribution in [1.82, 2.24) is 4.72 Å². The van der Waals surface area contributed by atoms with E-state index in [-0.39, 0.29) is 23.5 Å². The molecular weight excluding hydrogens is 304 g/mol. The fourth-order valence-corrected chi connectivity index (χ4v) is 2.56. The molecule has 1 rings (SSSR count). The van der Waals surface area contributed by atoms with E-state index < -0.39 is 27.0 Å². The zero-order valence-corrected chi connectivity index (χ0v) is 11.8. The number of carboxylic acid groups (broad SMARTS) is 1. The molecule has 0 aromatic heterocycles. The minimum absolute atomic E-state index is 0.301. The van der Waals surface area contributed by atoms with Gasteiger partial charge in [-0.2, -0.15) is 0 Å². The van der Waals surface area contributed by atoms with Crippen LogP contribution in [0.4, 0.5) is 5.69 Å².